The number of amides is 1. The predicted molar refractivity (Wildman–Crippen MR) is 116 cm³/mol. The molecule has 31 heavy (non-hydrogen) atoms. The largest absolute Gasteiger partial charge is 0.472 e. The van der Waals surface area contributed by atoms with Crippen LogP contribution in [0, 0.1) is 5.92 Å². The van der Waals surface area contributed by atoms with Crippen LogP contribution in [0.3, 0.4) is 0 Å². The lowest BCUT2D eigenvalue weighted by Crippen LogP contribution is -2.33. The van der Waals surface area contributed by atoms with E-state index in [4.69, 9.17) is 4.74 Å². The molecule has 2 aliphatic rings. The first-order chi connectivity index (χ1) is 15.1. The van der Waals surface area contributed by atoms with Gasteiger partial charge in [-0.3, -0.25) is 14.3 Å². The third-order valence-corrected chi connectivity index (χ3v) is 6.37. The first-order valence-corrected chi connectivity index (χ1v) is 10.7. The number of fused-ring (bicyclic) bond motifs is 1. The molecule has 0 N–H and O–H groups in total. The van der Waals surface area contributed by atoms with Crippen molar-refractivity contribution >= 4 is 11.7 Å². The maximum atomic E-state index is 13.2. The number of ether oxygens (including phenoxy) is 1. The molecule has 1 aliphatic heterocycles. The van der Waals surface area contributed by atoms with Gasteiger partial charge in [0.2, 0.25) is 11.8 Å². The zero-order valence-corrected chi connectivity index (χ0v) is 17.5. The van der Waals surface area contributed by atoms with Crippen molar-refractivity contribution in [1.29, 1.82) is 0 Å². The molecule has 3 aromatic rings. The third-order valence-electron chi connectivity index (χ3n) is 6.37. The summed E-state index contributed by atoms with van der Waals surface area (Å²) in [5.41, 5.74) is 3.97. The minimum atomic E-state index is -0.648. The second-order valence-electron chi connectivity index (χ2n) is 8.26. The molecule has 5 rings (SSSR count). The molecule has 1 aliphatic carbocycles. The molecular weight excluding hydrogens is 390 g/mol. The van der Waals surface area contributed by atoms with E-state index in [0.29, 0.717) is 31.1 Å². The molecule has 6 nitrogen and oxygen atoms in total. The Morgan fingerprint density at radius 1 is 1.10 bits per heavy atom. The van der Waals surface area contributed by atoms with Gasteiger partial charge in [-0.2, -0.15) is 0 Å². The number of carbonyl (C=O) groups is 2. The molecule has 158 valence electrons. The highest BCUT2D eigenvalue weighted by Crippen LogP contribution is 2.39. The Morgan fingerprint density at radius 3 is 2.71 bits per heavy atom. The van der Waals surface area contributed by atoms with Gasteiger partial charge >= 0.3 is 0 Å². The van der Waals surface area contributed by atoms with E-state index >= 15 is 0 Å². The number of aromatic nitrogens is 2. The normalized spacial score (nSPS) is 20.2. The molecule has 1 aromatic heterocycles. The number of ketones is 1. The number of likely N-dealkylation sites (tertiary alicyclic amines) is 1. The average molecular weight is 415 g/mol. The molecule has 2 unspecified atom stereocenters. The molecule has 0 spiro atoms. The van der Waals surface area contributed by atoms with Gasteiger partial charge in [-0.25, -0.2) is 0 Å². The minimum Gasteiger partial charge on any atom is -0.472 e. The van der Waals surface area contributed by atoms with Crippen LogP contribution in [0.2, 0.25) is 0 Å². The van der Waals surface area contributed by atoms with E-state index in [1.54, 1.807) is 13.1 Å². The Morgan fingerprint density at radius 2 is 1.87 bits per heavy atom. The summed E-state index contributed by atoms with van der Waals surface area (Å²) in [5, 5.41) is 4.32. The molecule has 6 heteroatoms. The molecule has 1 saturated heterocycles. The van der Waals surface area contributed by atoms with E-state index in [2.05, 4.69) is 17.2 Å². The van der Waals surface area contributed by atoms with Crippen LogP contribution in [0.1, 0.15) is 46.1 Å². The quantitative estimate of drug-likeness (QED) is 0.455. The van der Waals surface area contributed by atoms with E-state index in [9.17, 15) is 9.59 Å². The topological polar surface area (TPSA) is 64.4 Å². The van der Waals surface area contributed by atoms with Crippen LogP contribution in [0.15, 0.2) is 60.7 Å². The van der Waals surface area contributed by atoms with Crippen LogP contribution in [0.5, 0.6) is 5.88 Å². The van der Waals surface area contributed by atoms with E-state index in [0.717, 1.165) is 18.4 Å². The zero-order chi connectivity index (χ0) is 21.4. The number of hydrogen-bond donors (Lipinski definition) is 0. The number of aryl methyl sites for hydroxylation is 2. The van der Waals surface area contributed by atoms with Crippen molar-refractivity contribution in [2.24, 2.45) is 13.0 Å². The van der Waals surface area contributed by atoms with Gasteiger partial charge in [0.1, 0.15) is 18.2 Å². The third kappa shape index (κ3) is 3.63. The SMILES string of the molecule is Cn1nc(OCc2ccccc2)cc1C(=O)C1CCN(C2CCc3ccccc32)C1=O. The van der Waals surface area contributed by atoms with Gasteiger partial charge < -0.3 is 9.64 Å². The zero-order valence-electron chi connectivity index (χ0n) is 17.5. The molecular formula is C25H25N3O3. The molecule has 0 bridgehead atoms. The predicted octanol–water partition coefficient (Wildman–Crippen LogP) is 3.72. The summed E-state index contributed by atoms with van der Waals surface area (Å²) in [6, 6.07) is 19.8. The molecule has 0 radical (unpaired) electrons. The van der Waals surface area contributed by atoms with Gasteiger partial charge in [0.15, 0.2) is 5.78 Å². The lowest BCUT2D eigenvalue weighted by atomic mass is 10.00. The summed E-state index contributed by atoms with van der Waals surface area (Å²) in [4.78, 5) is 28.3. The number of benzene rings is 2. The molecule has 1 fully saturated rings. The summed E-state index contributed by atoms with van der Waals surface area (Å²) in [5.74, 6) is -0.505. The fraction of sp³-hybridized carbons (Fsp3) is 0.320. The number of Topliss-reactive ketones (excluding diaryl/α,β-unsaturated/α-hetero) is 1. The summed E-state index contributed by atoms with van der Waals surface area (Å²) < 4.78 is 7.27. The van der Waals surface area contributed by atoms with Crippen LogP contribution < -0.4 is 4.74 Å². The maximum Gasteiger partial charge on any atom is 0.234 e. The average Bonchev–Trinajstić information content (AvgIpc) is 3.49. The lowest BCUT2D eigenvalue weighted by molar-refractivity contribution is -0.131. The maximum absolute atomic E-state index is 13.2. The lowest BCUT2D eigenvalue weighted by Gasteiger charge is -2.25. The number of hydrogen-bond acceptors (Lipinski definition) is 4. The smallest absolute Gasteiger partial charge is 0.234 e. The van der Waals surface area contributed by atoms with Crippen molar-refractivity contribution < 1.29 is 14.3 Å². The molecule has 2 aromatic carbocycles. The second kappa shape index (κ2) is 8.02. The summed E-state index contributed by atoms with van der Waals surface area (Å²) in [6.07, 6.45) is 2.45. The van der Waals surface area contributed by atoms with Crippen molar-refractivity contribution in [3.63, 3.8) is 0 Å². The van der Waals surface area contributed by atoms with E-state index in [1.165, 1.54) is 15.8 Å². The number of rotatable bonds is 6. The Kier molecular flexibility index (Phi) is 5.06. The van der Waals surface area contributed by atoms with Crippen molar-refractivity contribution in [1.82, 2.24) is 14.7 Å². The van der Waals surface area contributed by atoms with Crippen molar-refractivity contribution in [3.05, 3.63) is 83.0 Å². The van der Waals surface area contributed by atoms with Crippen molar-refractivity contribution in [3.8, 4) is 5.88 Å². The van der Waals surface area contributed by atoms with Gasteiger partial charge in [-0.05, 0) is 36.0 Å². The summed E-state index contributed by atoms with van der Waals surface area (Å²) >= 11 is 0. The highest BCUT2D eigenvalue weighted by atomic mass is 16.5. The Balaban J connectivity index is 1.29. The van der Waals surface area contributed by atoms with Crippen LogP contribution >= 0.6 is 0 Å². The Labute approximate surface area is 181 Å². The fourth-order valence-electron chi connectivity index (χ4n) is 4.77. The van der Waals surface area contributed by atoms with E-state index < -0.39 is 5.92 Å². The first kappa shape index (κ1) is 19.5. The van der Waals surface area contributed by atoms with Crippen molar-refractivity contribution in [2.75, 3.05) is 6.54 Å². The number of nitrogens with zero attached hydrogens (tertiary/aromatic N) is 3. The Bertz CT molecular complexity index is 1120. The monoisotopic (exact) mass is 415 g/mol. The molecule has 0 saturated carbocycles. The van der Waals surface area contributed by atoms with Crippen molar-refractivity contribution in [2.45, 2.75) is 31.9 Å². The van der Waals surface area contributed by atoms with Gasteiger partial charge in [0.05, 0.1) is 6.04 Å². The standard InChI is InChI=1S/C25H25N3O3/c1-27-22(15-23(26-27)31-16-17-7-3-2-4-8-17)24(29)20-13-14-28(25(20)30)21-12-11-18-9-5-6-10-19(18)21/h2-10,15,20-21H,11-14,16H2,1H3. The highest BCUT2D eigenvalue weighted by molar-refractivity contribution is 6.10. The fourth-order valence-corrected chi connectivity index (χ4v) is 4.77. The minimum absolute atomic E-state index is 0.0698. The van der Waals surface area contributed by atoms with Gasteiger partial charge in [0.25, 0.3) is 0 Å². The van der Waals surface area contributed by atoms with E-state index in [1.807, 2.05) is 47.4 Å². The molecule has 2 atom stereocenters. The molecule has 1 amide bonds. The number of carbonyl (C=O) groups excluding carboxylic acids is 2. The summed E-state index contributed by atoms with van der Waals surface area (Å²) in [6.45, 7) is 0.992. The van der Waals surface area contributed by atoms with Crippen LogP contribution in [0.4, 0.5) is 0 Å². The molecule has 2 heterocycles. The summed E-state index contributed by atoms with van der Waals surface area (Å²) in [7, 11) is 1.72. The Hall–Kier alpha value is -3.41. The van der Waals surface area contributed by atoms with Crippen LogP contribution in [0.25, 0.3) is 0 Å². The second-order valence-corrected chi connectivity index (χ2v) is 8.26. The van der Waals surface area contributed by atoms with E-state index in [-0.39, 0.29) is 17.7 Å². The van der Waals surface area contributed by atoms with Gasteiger partial charge in [-0.15, -0.1) is 5.10 Å². The van der Waals surface area contributed by atoms with Gasteiger partial charge in [0, 0.05) is 19.7 Å². The van der Waals surface area contributed by atoms with Crippen LogP contribution in [-0.2, 0) is 24.9 Å². The first-order valence-electron chi connectivity index (χ1n) is 10.7. The van der Waals surface area contributed by atoms with Crippen LogP contribution in [-0.4, -0.2) is 32.9 Å². The van der Waals surface area contributed by atoms with Gasteiger partial charge in [-0.1, -0.05) is 54.6 Å². The highest BCUT2D eigenvalue weighted by Gasteiger charge is 2.43.